The van der Waals surface area contributed by atoms with Crippen molar-refractivity contribution in [3.8, 4) is 5.75 Å². The molecule has 0 atom stereocenters. The van der Waals surface area contributed by atoms with Crippen LogP contribution in [0, 0.1) is 0 Å². The van der Waals surface area contributed by atoms with Gasteiger partial charge in [0.2, 0.25) is 6.86 Å². The molecule has 0 saturated heterocycles. The second-order valence-electron chi connectivity index (χ2n) is 1.82. The predicted molar refractivity (Wildman–Crippen MR) is 37.5 cm³/mol. The van der Waals surface area contributed by atoms with E-state index in [1.807, 2.05) is 0 Å². The summed E-state index contributed by atoms with van der Waals surface area (Å²) in [5, 5.41) is 0. The van der Waals surface area contributed by atoms with Crippen molar-refractivity contribution in [2.45, 2.75) is 0 Å². The summed E-state index contributed by atoms with van der Waals surface area (Å²) in [5.41, 5.74) is 6.02. The minimum Gasteiger partial charge on any atom is -0.463 e. The van der Waals surface area contributed by atoms with Gasteiger partial charge in [-0.25, -0.2) is 4.39 Å². The van der Waals surface area contributed by atoms with E-state index in [1.54, 1.807) is 24.3 Å². The molecule has 10 heavy (non-hydrogen) atoms. The van der Waals surface area contributed by atoms with Gasteiger partial charge in [-0.2, -0.15) is 0 Å². The van der Waals surface area contributed by atoms with Crippen LogP contribution in [-0.4, -0.2) is 6.86 Å². The van der Waals surface area contributed by atoms with Gasteiger partial charge in [0.25, 0.3) is 0 Å². The van der Waals surface area contributed by atoms with E-state index in [0.29, 0.717) is 11.4 Å². The number of alkyl halides is 1. The molecule has 0 unspecified atom stereocenters. The highest BCUT2D eigenvalue weighted by atomic mass is 19.1. The standard InChI is InChI=1S/C7H8FNO/c8-5-10-7-3-1-6(9)2-4-7/h1-4H,5,9H2. The highest BCUT2D eigenvalue weighted by Crippen LogP contribution is 2.12. The van der Waals surface area contributed by atoms with Crippen molar-refractivity contribution in [3.63, 3.8) is 0 Å². The number of nitrogen functional groups attached to an aromatic ring is 1. The van der Waals surface area contributed by atoms with Crippen LogP contribution in [0.3, 0.4) is 0 Å². The molecule has 2 N–H and O–H groups in total. The van der Waals surface area contributed by atoms with Crippen LogP contribution >= 0.6 is 0 Å². The van der Waals surface area contributed by atoms with Gasteiger partial charge in [0.1, 0.15) is 5.75 Å². The zero-order valence-corrected chi connectivity index (χ0v) is 5.38. The fraction of sp³-hybridized carbons (Fsp3) is 0.143. The molecule has 0 aliphatic rings. The smallest absolute Gasteiger partial charge is 0.228 e. The highest BCUT2D eigenvalue weighted by Gasteiger charge is 1.89. The lowest BCUT2D eigenvalue weighted by Crippen LogP contribution is -1.90. The van der Waals surface area contributed by atoms with Gasteiger partial charge >= 0.3 is 0 Å². The van der Waals surface area contributed by atoms with Crippen LogP contribution in [0.1, 0.15) is 0 Å². The Morgan fingerprint density at radius 2 is 1.90 bits per heavy atom. The molecule has 54 valence electrons. The van der Waals surface area contributed by atoms with Crippen molar-refractivity contribution < 1.29 is 9.13 Å². The van der Waals surface area contributed by atoms with Crippen LogP contribution in [-0.2, 0) is 0 Å². The lowest BCUT2D eigenvalue weighted by atomic mass is 10.3. The van der Waals surface area contributed by atoms with Crippen LogP contribution in [0.5, 0.6) is 5.75 Å². The van der Waals surface area contributed by atoms with Crippen molar-refractivity contribution in [2.24, 2.45) is 0 Å². The third-order valence-corrected chi connectivity index (χ3v) is 1.10. The van der Waals surface area contributed by atoms with Crippen molar-refractivity contribution >= 4 is 5.69 Å². The van der Waals surface area contributed by atoms with E-state index in [1.165, 1.54) is 0 Å². The number of hydrogen-bond donors (Lipinski definition) is 1. The summed E-state index contributed by atoms with van der Waals surface area (Å²) in [6, 6.07) is 6.56. The van der Waals surface area contributed by atoms with E-state index in [-0.39, 0.29) is 0 Å². The topological polar surface area (TPSA) is 35.2 Å². The molecule has 0 aliphatic heterocycles. The summed E-state index contributed by atoms with van der Waals surface area (Å²) in [5.74, 6) is 0.497. The van der Waals surface area contributed by atoms with Crippen molar-refractivity contribution in [3.05, 3.63) is 24.3 Å². The molecule has 0 aliphatic carbocycles. The molecule has 0 radical (unpaired) electrons. The van der Waals surface area contributed by atoms with Gasteiger partial charge in [0.05, 0.1) is 0 Å². The first-order valence-electron chi connectivity index (χ1n) is 2.87. The van der Waals surface area contributed by atoms with Crippen LogP contribution < -0.4 is 10.5 Å². The van der Waals surface area contributed by atoms with Gasteiger partial charge in [-0.15, -0.1) is 0 Å². The molecule has 1 rings (SSSR count). The third-order valence-electron chi connectivity index (χ3n) is 1.10. The summed E-state index contributed by atoms with van der Waals surface area (Å²) in [6.07, 6.45) is 0. The van der Waals surface area contributed by atoms with Gasteiger partial charge in [0.15, 0.2) is 0 Å². The van der Waals surface area contributed by atoms with E-state index < -0.39 is 6.86 Å². The SMILES string of the molecule is Nc1ccc(OCF)cc1. The van der Waals surface area contributed by atoms with Crippen molar-refractivity contribution in [2.75, 3.05) is 12.6 Å². The Hall–Kier alpha value is -1.25. The average Bonchev–Trinajstić information content (AvgIpc) is 1.95. The monoisotopic (exact) mass is 141 g/mol. The number of hydrogen-bond acceptors (Lipinski definition) is 2. The second kappa shape index (κ2) is 3.06. The zero-order valence-electron chi connectivity index (χ0n) is 5.38. The quantitative estimate of drug-likeness (QED) is 0.634. The molecule has 0 saturated carbocycles. The molecular formula is C7H8FNO. The molecule has 1 aromatic rings. The number of anilines is 1. The van der Waals surface area contributed by atoms with Crippen LogP contribution in [0.25, 0.3) is 0 Å². The molecule has 0 spiro atoms. The van der Waals surface area contributed by atoms with E-state index >= 15 is 0 Å². The number of halogens is 1. The van der Waals surface area contributed by atoms with Gasteiger partial charge in [-0.1, -0.05) is 0 Å². The van der Waals surface area contributed by atoms with Crippen molar-refractivity contribution in [1.82, 2.24) is 0 Å². The molecule has 1 aromatic carbocycles. The summed E-state index contributed by atoms with van der Waals surface area (Å²) in [7, 11) is 0. The van der Waals surface area contributed by atoms with Gasteiger partial charge in [-0.05, 0) is 24.3 Å². The Morgan fingerprint density at radius 1 is 1.30 bits per heavy atom. The largest absolute Gasteiger partial charge is 0.463 e. The predicted octanol–water partition coefficient (Wildman–Crippen LogP) is 1.57. The van der Waals surface area contributed by atoms with E-state index in [4.69, 9.17) is 5.73 Å². The molecule has 2 nitrogen and oxygen atoms in total. The first-order chi connectivity index (χ1) is 4.83. The Balaban J connectivity index is 2.69. The molecule has 0 fully saturated rings. The highest BCUT2D eigenvalue weighted by molar-refractivity contribution is 5.41. The fourth-order valence-electron chi connectivity index (χ4n) is 0.627. The Morgan fingerprint density at radius 3 is 2.40 bits per heavy atom. The fourth-order valence-corrected chi connectivity index (χ4v) is 0.627. The maximum atomic E-state index is 11.5. The molecule has 0 aromatic heterocycles. The first-order valence-corrected chi connectivity index (χ1v) is 2.87. The Bertz CT molecular complexity index is 197. The zero-order chi connectivity index (χ0) is 7.40. The summed E-state index contributed by atoms with van der Waals surface area (Å²) >= 11 is 0. The number of rotatable bonds is 2. The Labute approximate surface area is 58.4 Å². The average molecular weight is 141 g/mol. The number of nitrogens with two attached hydrogens (primary N) is 1. The molecular weight excluding hydrogens is 133 g/mol. The van der Waals surface area contributed by atoms with Gasteiger partial charge < -0.3 is 10.5 Å². The minimum absolute atomic E-state index is 0.497. The molecule has 0 amide bonds. The lowest BCUT2D eigenvalue weighted by molar-refractivity contribution is 0.192. The van der Waals surface area contributed by atoms with Gasteiger partial charge in [0, 0.05) is 5.69 Å². The maximum absolute atomic E-state index is 11.5. The van der Waals surface area contributed by atoms with E-state index in [2.05, 4.69) is 4.74 Å². The molecule has 0 bridgehead atoms. The Kier molecular flexibility index (Phi) is 2.10. The summed E-state index contributed by atoms with van der Waals surface area (Å²) < 4.78 is 16.1. The van der Waals surface area contributed by atoms with Crippen molar-refractivity contribution in [1.29, 1.82) is 0 Å². The second-order valence-corrected chi connectivity index (χ2v) is 1.82. The van der Waals surface area contributed by atoms with Crippen LogP contribution in [0.15, 0.2) is 24.3 Å². The lowest BCUT2D eigenvalue weighted by Gasteiger charge is -1.99. The minimum atomic E-state index is -0.802. The first kappa shape index (κ1) is 6.86. The van der Waals surface area contributed by atoms with Crippen LogP contribution in [0.2, 0.25) is 0 Å². The van der Waals surface area contributed by atoms with E-state index in [9.17, 15) is 4.39 Å². The number of benzene rings is 1. The molecule has 3 heteroatoms. The third kappa shape index (κ3) is 1.62. The van der Waals surface area contributed by atoms with E-state index in [0.717, 1.165) is 0 Å². The molecule has 0 heterocycles. The summed E-state index contributed by atoms with van der Waals surface area (Å²) in [6.45, 7) is -0.802. The van der Waals surface area contributed by atoms with Crippen LogP contribution in [0.4, 0.5) is 10.1 Å². The maximum Gasteiger partial charge on any atom is 0.228 e. The number of ether oxygens (including phenoxy) is 1. The normalized spacial score (nSPS) is 9.30. The summed E-state index contributed by atoms with van der Waals surface area (Å²) in [4.78, 5) is 0. The van der Waals surface area contributed by atoms with Gasteiger partial charge in [-0.3, -0.25) is 0 Å².